The van der Waals surface area contributed by atoms with Crippen LogP contribution in [-0.2, 0) is 14.3 Å². The first-order valence-electron chi connectivity index (χ1n) is 9.70. The van der Waals surface area contributed by atoms with Crippen molar-refractivity contribution < 1.29 is 19.1 Å². The minimum Gasteiger partial charge on any atom is -0.488 e. The third kappa shape index (κ3) is 4.25. The molecule has 0 unspecified atom stereocenters. The number of hydrogen-bond donors (Lipinski definition) is 1. The second-order valence-electron chi connectivity index (χ2n) is 6.94. The summed E-state index contributed by atoms with van der Waals surface area (Å²) in [6.07, 6.45) is 0.774. The topological polar surface area (TPSA) is 64.6 Å². The van der Waals surface area contributed by atoms with Gasteiger partial charge in [0.05, 0.1) is 5.57 Å². The number of hydrogen-bond acceptors (Lipinski definition) is 4. The summed E-state index contributed by atoms with van der Waals surface area (Å²) in [4.78, 5) is 25.2. The average molecular weight is 399 g/mol. The lowest BCUT2D eigenvalue weighted by Crippen LogP contribution is -2.31. The van der Waals surface area contributed by atoms with E-state index in [-0.39, 0.29) is 6.61 Å². The highest BCUT2D eigenvalue weighted by Crippen LogP contribution is 2.28. The van der Waals surface area contributed by atoms with Crippen molar-refractivity contribution in [3.63, 3.8) is 0 Å². The van der Waals surface area contributed by atoms with Gasteiger partial charge in [-0.1, -0.05) is 66.7 Å². The van der Waals surface area contributed by atoms with E-state index in [1.165, 1.54) is 0 Å². The summed E-state index contributed by atoms with van der Waals surface area (Å²) in [5.41, 5.74) is 3.72. The van der Waals surface area contributed by atoms with Crippen LogP contribution < -0.4 is 10.1 Å². The van der Waals surface area contributed by atoms with Crippen LogP contribution in [0.5, 0.6) is 5.75 Å². The van der Waals surface area contributed by atoms with E-state index in [9.17, 15) is 9.59 Å². The summed E-state index contributed by atoms with van der Waals surface area (Å²) >= 11 is 0. The maximum atomic E-state index is 12.7. The number of nitrogens with one attached hydrogen (secondary N) is 1. The summed E-state index contributed by atoms with van der Waals surface area (Å²) in [6, 6.07) is 24.7. The monoisotopic (exact) mass is 399 g/mol. The molecule has 3 aromatic carbocycles. The summed E-state index contributed by atoms with van der Waals surface area (Å²) in [6.45, 7) is 1.66. The van der Waals surface area contributed by atoms with Crippen LogP contribution in [0, 0.1) is 0 Å². The zero-order valence-corrected chi connectivity index (χ0v) is 16.5. The molecule has 0 fully saturated rings. The molecular weight excluding hydrogens is 378 g/mol. The lowest BCUT2D eigenvalue weighted by molar-refractivity contribution is -0.149. The van der Waals surface area contributed by atoms with E-state index in [1.54, 1.807) is 13.0 Å². The largest absolute Gasteiger partial charge is 0.488 e. The van der Waals surface area contributed by atoms with Crippen LogP contribution >= 0.6 is 0 Å². The number of rotatable bonds is 5. The van der Waals surface area contributed by atoms with Gasteiger partial charge in [0.15, 0.2) is 6.10 Å². The molecule has 150 valence electrons. The second kappa shape index (κ2) is 8.66. The highest BCUT2D eigenvalue weighted by Gasteiger charge is 2.24. The van der Waals surface area contributed by atoms with Crippen LogP contribution in [0.25, 0.3) is 17.2 Å². The molecule has 0 saturated heterocycles. The summed E-state index contributed by atoms with van der Waals surface area (Å²) in [5, 5.41) is 2.87. The Morgan fingerprint density at radius 2 is 1.63 bits per heavy atom. The molecule has 1 aliphatic heterocycles. The Labute approximate surface area is 175 Å². The zero-order valence-electron chi connectivity index (χ0n) is 16.5. The van der Waals surface area contributed by atoms with Crippen molar-refractivity contribution in [2.24, 2.45) is 0 Å². The van der Waals surface area contributed by atoms with Gasteiger partial charge in [-0.25, -0.2) is 4.79 Å². The van der Waals surface area contributed by atoms with Gasteiger partial charge in [0.2, 0.25) is 0 Å². The average Bonchev–Trinajstić information content (AvgIpc) is 2.79. The molecule has 1 atom stereocenters. The summed E-state index contributed by atoms with van der Waals surface area (Å²) < 4.78 is 11.0. The van der Waals surface area contributed by atoms with Gasteiger partial charge in [-0.2, -0.15) is 0 Å². The fourth-order valence-corrected chi connectivity index (χ4v) is 3.22. The van der Waals surface area contributed by atoms with Crippen molar-refractivity contribution in [2.45, 2.75) is 13.0 Å². The van der Waals surface area contributed by atoms with Gasteiger partial charge in [0, 0.05) is 16.8 Å². The Hall–Kier alpha value is -3.86. The zero-order chi connectivity index (χ0) is 20.9. The van der Waals surface area contributed by atoms with E-state index in [0.717, 1.165) is 22.4 Å². The molecule has 3 aromatic rings. The number of benzene rings is 3. The number of carbonyl (C=O) groups is 2. The Balaban J connectivity index is 1.44. The third-order valence-corrected chi connectivity index (χ3v) is 4.82. The summed E-state index contributed by atoms with van der Waals surface area (Å²) in [7, 11) is 0. The fourth-order valence-electron chi connectivity index (χ4n) is 3.22. The first kappa shape index (κ1) is 19.5. The van der Waals surface area contributed by atoms with E-state index in [1.807, 2.05) is 78.9 Å². The highest BCUT2D eigenvalue weighted by molar-refractivity contribution is 6.01. The summed E-state index contributed by atoms with van der Waals surface area (Å²) in [5.74, 6) is -0.245. The Kier molecular flexibility index (Phi) is 5.61. The molecular formula is C25H21NO4. The predicted octanol–water partition coefficient (Wildman–Crippen LogP) is 4.70. The van der Waals surface area contributed by atoms with Crippen LogP contribution in [0.4, 0.5) is 5.69 Å². The minimum absolute atomic E-state index is 0.112. The van der Waals surface area contributed by atoms with Crippen molar-refractivity contribution >= 4 is 23.6 Å². The van der Waals surface area contributed by atoms with Crippen molar-refractivity contribution in [2.75, 3.05) is 11.9 Å². The van der Waals surface area contributed by atoms with Gasteiger partial charge in [0.25, 0.3) is 5.91 Å². The van der Waals surface area contributed by atoms with Gasteiger partial charge in [-0.05, 0) is 30.7 Å². The van der Waals surface area contributed by atoms with Crippen molar-refractivity contribution in [3.05, 3.63) is 90.0 Å². The molecule has 1 amide bonds. The smallest absolute Gasteiger partial charge is 0.338 e. The molecule has 1 heterocycles. The first-order chi connectivity index (χ1) is 14.6. The van der Waals surface area contributed by atoms with Crippen molar-refractivity contribution in [3.8, 4) is 16.9 Å². The van der Waals surface area contributed by atoms with Gasteiger partial charge >= 0.3 is 5.97 Å². The number of carbonyl (C=O) groups excluding carboxylic acids is 2. The van der Waals surface area contributed by atoms with E-state index >= 15 is 0 Å². The molecule has 0 bridgehead atoms. The van der Waals surface area contributed by atoms with Crippen LogP contribution in [0.3, 0.4) is 0 Å². The fraction of sp³-hybridized carbons (Fsp3) is 0.120. The van der Waals surface area contributed by atoms with Gasteiger partial charge in [-0.3, -0.25) is 4.79 Å². The van der Waals surface area contributed by atoms with Crippen LogP contribution in [0.15, 0.2) is 84.4 Å². The predicted molar refractivity (Wildman–Crippen MR) is 116 cm³/mol. The Morgan fingerprint density at radius 3 is 2.47 bits per heavy atom. The molecule has 0 saturated carbocycles. The molecule has 5 heteroatoms. The second-order valence-corrected chi connectivity index (χ2v) is 6.94. The van der Waals surface area contributed by atoms with E-state index in [4.69, 9.17) is 9.47 Å². The molecule has 0 spiro atoms. The molecule has 0 aromatic heterocycles. The highest BCUT2D eigenvalue weighted by atomic mass is 16.6. The number of fused-ring (bicyclic) bond motifs is 1. The Morgan fingerprint density at radius 1 is 0.933 bits per heavy atom. The quantitative estimate of drug-likeness (QED) is 0.632. The maximum Gasteiger partial charge on any atom is 0.338 e. The molecule has 5 nitrogen and oxygen atoms in total. The standard InChI is InChI=1S/C25H21NO4/c1-17(30-25(28)20-15-19-11-5-8-14-23(19)29-16-20)24(27)26-22-13-7-6-12-21(22)18-9-3-2-4-10-18/h2-15,17H,16H2,1H3,(H,26,27)/t17-/m1/s1. The maximum absolute atomic E-state index is 12.7. The molecule has 1 aliphatic rings. The SMILES string of the molecule is C[C@@H](OC(=O)C1=Cc2ccccc2OC1)C(=O)Nc1ccccc1-c1ccccc1. The number of para-hydroxylation sites is 2. The molecule has 0 radical (unpaired) electrons. The van der Waals surface area contributed by atoms with Gasteiger partial charge < -0.3 is 14.8 Å². The third-order valence-electron chi connectivity index (χ3n) is 4.82. The first-order valence-corrected chi connectivity index (χ1v) is 9.70. The number of amides is 1. The van der Waals surface area contributed by atoms with E-state index in [0.29, 0.717) is 11.3 Å². The van der Waals surface area contributed by atoms with Crippen LogP contribution in [0.1, 0.15) is 12.5 Å². The van der Waals surface area contributed by atoms with Gasteiger partial charge in [0.1, 0.15) is 12.4 Å². The molecule has 0 aliphatic carbocycles. The van der Waals surface area contributed by atoms with Crippen molar-refractivity contribution in [1.29, 1.82) is 0 Å². The molecule has 1 N–H and O–H groups in total. The van der Waals surface area contributed by atoms with Crippen LogP contribution in [-0.4, -0.2) is 24.6 Å². The lowest BCUT2D eigenvalue weighted by atomic mass is 10.0. The number of ether oxygens (including phenoxy) is 2. The molecule has 30 heavy (non-hydrogen) atoms. The minimum atomic E-state index is -0.959. The lowest BCUT2D eigenvalue weighted by Gasteiger charge is -2.19. The van der Waals surface area contributed by atoms with Gasteiger partial charge in [-0.15, -0.1) is 0 Å². The normalized spacial score (nSPS) is 13.3. The number of esters is 1. The number of anilines is 1. The van der Waals surface area contributed by atoms with E-state index < -0.39 is 18.0 Å². The van der Waals surface area contributed by atoms with Crippen molar-refractivity contribution in [1.82, 2.24) is 0 Å². The van der Waals surface area contributed by atoms with Crippen LogP contribution in [0.2, 0.25) is 0 Å². The molecule has 4 rings (SSSR count). The Bertz CT molecular complexity index is 1100. The van der Waals surface area contributed by atoms with E-state index in [2.05, 4.69) is 5.32 Å².